The molecule has 5 rings (SSSR count). The van der Waals surface area contributed by atoms with Gasteiger partial charge >= 0.3 is 0 Å². The molecule has 0 fully saturated rings. The molecule has 0 amide bonds. The Morgan fingerprint density at radius 3 is 2.86 bits per heavy atom. The van der Waals surface area contributed by atoms with E-state index < -0.39 is 0 Å². The predicted molar refractivity (Wildman–Crippen MR) is 115 cm³/mol. The van der Waals surface area contributed by atoms with E-state index >= 15 is 0 Å². The van der Waals surface area contributed by atoms with E-state index in [1.807, 2.05) is 41.6 Å². The van der Waals surface area contributed by atoms with Gasteiger partial charge in [-0.1, -0.05) is 30.3 Å². The summed E-state index contributed by atoms with van der Waals surface area (Å²) in [5.74, 6) is 1.43. The molecule has 138 valence electrons. The van der Waals surface area contributed by atoms with Crippen molar-refractivity contribution in [3.8, 4) is 10.4 Å². The molecule has 4 aromatic heterocycles. The summed E-state index contributed by atoms with van der Waals surface area (Å²) in [5.41, 5.74) is 1.79. The van der Waals surface area contributed by atoms with E-state index in [2.05, 4.69) is 38.1 Å². The van der Waals surface area contributed by atoms with Crippen molar-refractivity contribution in [2.75, 3.05) is 11.9 Å². The summed E-state index contributed by atoms with van der Waals surface area (Å²) in [6.07, 6.45) is 1.58. The number of nitrogens with zero attached hydrogens (tertiary/aromatic N) is 4. The second kappa shape index (κ2) is 6.81. The second-order valence-corrected chi connectivity index (χ2v) is 8.34. The highest BCUT2D eigenvalue weighted by molar-refractivity contribution is 7.21. The fraction of sp³-hybridized carbons (Fsp3) is 0.100. The lowest BCUT2D eigenvalue weighted by molar-refractivity contribution is 0.829. The van der Waals surface area contributed by atoms with E-state index in [-0.39, 0.29) is 5.56 Å². The van der Waals surface area contributed by atoms with Crippen LogP contribution in [0.25, 0.3) is 30.9 Å². The Bertz CT molecular complexity index is 1340. The zero-order valence-corrected chi connectivity index (χ0v) is 16.5. The quantitative estimate of drug-likeness (QED) is 0.483. The molecule has 0 unspecified atom stereocenters. The van der Waals surface area contributed by atoms with Crippen LogP contribution in [-0.4, -0.2) is 27.0 Å². The van der Waals surface area contributed by atoms with E-state index in [1.54, 1.807) is 17.7 Å². The summed E-state index contributed by atoms with van der Waals surface area (Å²) in [6, 6.07) is 14.2. The molecule has 28 heavy (non-hydrogen) atoms. The second-order valence-electron chi connectivity index (χ2n) is 6.40. The summed E-state index contributed by atoms with van der Waals surface area (Å²) in [5, 5.41) is 2.87. The molecule has 0 aliphatic heterocycles. The van der Waals surface area contributed by atoms with Gasteiger partial charge in [-0.15, -0.1) is 22.7 Å². The zero-order chi connectivity index (χ0) is 19.1. The van der Waals surface area contributed by atoms with Crippen LogP contribution in [0.1, 0.15) is 5.82 Å². The number of thiophene rings is 2. The Kier molecular flexibility index (Phi) is 4.14. The van der Waals surface area contributed by atoms with E-state index in [9.17, 15) is 4.79 Å². The third kappa shape index (κ3) is 2.96. The molecule has 0 radical (unpaired) electrons. The highest BCUT2D eigenvalue weighted by atomic mass is 32.1. The Balaban J connectivity index is 1.52. The van der Waals surface area contributed by atoms with Crippen molar-refractivity contribution in [2.45, 2.75) is 6.54 Å². The maximum absolute atomic E-state index is 12.2. The first-order valence-electron chi connectivity index (χ1n) is 8.66. The maximum Gasteiger partial charge on any atom is 0.268 e. The molecule has 5 aromatic rings. The van der Waals surface area contributed by atoms with E-state index in [0.29, 0.717) is 17.1 Å². The molecule has 6 nitrogen and oxygen atoms in total. The van der Waals surface area contributed by atoms with Crippen LogP contribution in [0.4, 0.5) is 5.82 Å². The fourth-order valence-electron chi connectivity index (χ4n) is 3.19. The van der Waals surface area contributed by atoms with Gasteiger partial charge in [0.2, 0.25) is 0 Å². The number of hydrogen-bond acceptors (Lipinski definition) is 7. The monoisotopic (exact) mass is 405 g/mol. The Labute approximate surface area is 168 Å². The molecule has 0 aliphatic rings. The van der Waals surface area contributed by atoms with E-state index in [1.165, 1.54) is 11.3 Å². The number of aromatic nitrogens is 4. The van der Waals surface area contributed by atoms with Crippen molar-refractivity contribution < 1.29 is 0 Å². The van der Waals surface area contributed by atoms with Gasteiger partial charge in [-0.05, 0) is 23.1 Å². The van der Waals surface area contributed by atoms with Gasteiger partial charge in [-0.25, -0.2) is 15.0 Å². The van der Waals surface area contributed by atoms with Crippen LogP contribution in [0.15, 0.2) is 59.0 Å². The van der Waals surface area contributed by atoms with Crippen LogP contribution in [0.3, 0.4) is 0 Å². The van der Waals surface area contributed by atoms with Crippen LogP contribution < -0.4 is 10.5 Å². The topological polar surface area (TPSA) is 74.8 Å². The number of fused-ring (bicyclic) bond motifs is 2. The fourth-order valence-corrected chi connectivity index (χ4v) is 4.91. The molecule has 1 aromatic carbocycles. The lowest BCUT2D eigenvalue weighted by atomic mass is 10.2. The summed E-state index contributed by atoms with van der Waals surface area (Å²) >= 11 is 3.05. The van der Waals surface area contributed by atoms with Crippen LogP contribution in [-0.2, 0) is 6.54 Å². The molecular formula is C20H15N5OS2. The molecule has 8 heteroatoms. The molecule has 0 saturated carbocycles. The van der Waals surface area contributed by atoms with Crippen molar-refractivity contribution in [3.63, 3.8) is 0 Å². The van der Waals surface area contributed by atoms with Crippen LogP contribution in [0.5, 0.6) is 0 Å². The van der Waals surface area contributed by atoms with Gasteiger partial charge in [0.05, 0.1) is 17.4 Å². The minimum absolute atomic E-state index is 0.0990. The Hall–Kier alpha value is -3.10. The maximum atomic E-state index is 12.2. The largest absolute Gasteiger partial charge is 0.352 e. The number of aromatic amines is 1. The van der Waals surface area contributed by atoms with Crippen molar-refractivity contribution in [2.24, 2.45) is 0 Å². The molecule has 0 bridgehead atoms. The number of nitrogens with one attached hydrogen (secondary N) is 1. The zero-order valence-electron chi connectivity index (χ0n) is 14.9. The van der Waals surface area contributed by atoms with Crippen LogP contribution in [0, 0.1) is 0 Å². The third-order valence-corrected chi connectivity index (χ3v) is 6.47. The number of anilines is 1. The summed E-state index contributed by atoms with van der Waals surface area (Å²) in [6.45, 7) is 0.448. The summed E-state index contributed by atoms with van der Waals surface area (Å²) in [7, 11) is 1.94. The van der Waals surface area contributed by atoms with Gasteiger partial charge in [0, 0.05) is 11.9 Å². The van der Waals surface area contributed by atoms with Gasteiger partial charge in [-0.3, -0.25) is 4.79 Å². The van der Waals surface area contributed by atoms with Gasteiger partial charge < -0.3 is 9.88 Å². The van der Waals surface area contributed by atoms with Crippen molar-refractivity contribution in [1.82, 2.24) is 19.9 Å². The Morgan fingerprint density at radius 2 is 2.00 bits per heavy atom. The van der Waals surface area contributed by atoms with Crippen LogP contribution in [0.2, 0.25) is 0 Å². The first kappa shape index (κ1) is 17.0. The van der Waals surface area contributed by atoms with Crippen molar-refractivity contribution >= 4 is 48.9 Å². The molecule has 0 atom stereocenters. The first-order valence-corrected chi connectivity index (χ1v) is 10.4. The van der Waals surface area contributed by atoms with Gasteiger partial charge in [-0.2, -0.15) is 0 Å². The van der Waals surface area contributed by atoms with Gasteiger partial charge in [0.15, 0.2) is 0 Å². The molecule has 0 saturated heterocycles. The number of rotatable bonds is 4. The summed E-state index contributed by atoms with van der Waals surface area (Å²) in [4.78, 5) is 32.7. The van der Waals surface area contributed by atoms with Crippen molar-refractivity contribution in [3.05, 3.63) is 70.4 Å². The first-order chi connectivity index (χ1) is 13.7. The van der Waals surface area contributed by atoms with Crippen LogP contribution >= 0.6 is 22.7 Å². The van der Waals surface area contributed by atoms with E-state index in [4.69, 9.17) is 0 Å². The van der Waals surface area contributed by atoms with Gasteiger partial charge in [0.1, 0.15) is 27.5 Å². The Morgan fingerprint density at radius 1 is 1.14 bits per heavy atom. The molecule has 1 N–H and O–H groups in total. The minimum atomic E-state index is -0.0990. The average Bonchev–Trinajstić information content (AvgIpc) is 3.35. The summed E-state index contributed by atoms with van der Waals surface area (Å²) < 4.78 is 0.654. The lowest BCUT2D eigenvalue weighted by Crippen LogP contribution is -2.22. The molecular weight excluding hydrogens is 390 g/mol. The number of H-pyrrole nitrogens is 1. The third-order valence-electron chi connectivity index (χ3n) is 4.48. The number of benzene rings is 1. The standard InChI is InChI=1S/C20H15N5OS2/c1-25(10-16-23-14-7-8-27-17(14)19(26)24-16)18-13-9-15(12-5-3-2-4-6-12)28-20(13)22-11-21-18/h2-9,11H,10H2,1H3,(H,23,24,26). The average molecular weight is 406 g/mol. The highest BCUT2D eigenvalue weighted by Crippen LogP contribution is 2.35. The minimum Gasteiger partial charge on any atom is -0.352 e. The lowest BCUT2D eigenvalue weighted by Gasteiger charge is -2.18. The molecule has 0 spiro atoms. The van der Waals surface area contributed by atoms with Crippen molar-refractivity contribution in [1.29, 1.82) is 0 Å². The number of hydrogen-bond donors (Lipinski definition) is 1. The predicted octanol–water partition coefficient (Wildman–Crippen LogP) is 4.29. The van der Waals surface area contributed by atoms with E-state index in [0.717, 1.165) is 32.0 Å². The SMILES string of the molecule is CN(Cc1nc2ccsc2c(=O)[nH]1)c1ncnc2sc(-c3ccccc3)cc12. The smallest absolute Gasteiger partial charge is 0.268 e. The van der Waals surface area contributed by atoms with Gasteiger partial charge in [0.25, 0.3) is 5.56 Å². The molecule has 4 heterocycles. The molecule has 0 aliphatic carbocycles. The highest BCUT2D eigenvalue weighted by Gasteiger charge is 2.15. The normalized spacial score (nSPS) is 11.3.